The van der Waals surface area contributed by atoms with Crippen molar-refractivity contribution in [1.29, 1.82) is 0 Å². The third-order valence-corrected chi connectivity index (χ3v) is 4.46. The number of phenolic OH excluding ortho intramolecular Hbond substituents is 1. The predicted molar refractivity (Wildman–Crippen MR) is 94.8 cm³/mol. The summed E-state index contributed by atoms with van der Waals surface area (Å²) in [5, 5.41) is 10.7. The number of amides is 2. The first-order valence-corrected chi connectivity index (χ1v) is 8.05. The van der Waals surface area contributed by atoms with Crippen LogP contribution in [-0.2, 0) is 4.79 Å². The lowest BCUT2D eigenvalue weighted by atomic mass is 10.2. The summed E-state index contributed by atoms with van der Waals surface area (Å²) < 4.78 is 0.212. The molecule has 1 aliphatic heterocycles. The fourth-order valence-corrected chi connectivity index (χ4v) is 3.18. The lowest BCUT2D eigenvalue weighted by Crippen LogP contribution is -2.44. The molecule has 0 unspecified atom stereocenters. The predicted octanol–water partition coefficient (Wildman–Crippen LogP) is 2.33. The van der Waals surface area contributed by atoms with Crippen LogP contribution < -0.4 is 5.43 Å². The van der Waals surface area contributed by atoms with Crippen LogP contribution in [0.2, 0.25) is 0 Å². The van der Waals surface area contributed by atoms with Crippen LogP contribution in [0.3, 0.4) is 0 Å². The van der Waals surface area contributed by atoms with Crippen molar-refractivity contribution in [3.63, 3.8) is 0 Å². The number of aromatic hydroxyl groups is 1. The van der Waals surface area contributed by atoms with Crippen LogP contribution in [0.4, 0.5) is 0 Å². The Hall–Kier alpha value is -2.71. The van der Waals surface area contributed by atoms with Gasteiger partial charge in [0.1, 0.15) is 5.75 Å². The quantitative estimate of drug-likeness (QED) is 0.648. The Balaban J connectivity index is 1.79. The van der Waals surface area contributed by atoms with Gasteiger partial charge in [0.2, 0.25) is 0 Å². The molecule has 0 aliphatic carbocycles. The molecule has 3 rings (SSSR count). The highest BCUT2D eigenvalue weighted by molar-refractivity contribution is 8.26. The highest BCUT2D eigenvalue weighted by Gasteiger charge is 2.34. The zero-order valence-corrected chi connectivity index (χ0v) is 13.8. The summed E-state index contributed by atoms with van der Waals surface area (Å²) in [7, 11) is 0. The first-order chi connectivity index (χ1) is 11.6. The van der Waals surface area contributed by atoms with E-state index < -0.39 is 11.8 Å². The van der Waals surface area contributed by atoms with Crippen LogP contribution >= 0.6 is 24.0 Å². The average Bonchev–Trinajstić information content (AvgIpc) is 2.83. The second kappa shape index (κ2) is 6.81. The van der Waals surface area contributed by atoms with Gasteiger partial charge in [0, 0.05) is 12.4 Å². The number of hydrogen-bond donors (Lipinski definition) is 2. The highest BCUT2D eigenvalue weighted by Crippen LogP contribution is 2.31. The lowest BCUT2D eigenvalue weighted by Gasteiger charge is -2.16. The molecule has 120 valence electrons. The van der Waals surface area contributed by atoms with Crippen LogP contribution in [0, 0.1) is 0 Å². The normalized spacial score (nSPS) is 15.8. The number of carbonyl (C=O) groups excluding carboxylic acids is 2. The highest BCUT2D eigenvalue weighted by atomic mass is 32.2. The second-order valence-corrected chi connectivity index (χ2v) is 6.43. The first kappa shape index (κ1) is 16.2. The van der Waals surface area contributed by atoms with Crippen molar-refractivity contribution in [2.45, 2.75) is 0 Å². The number of nitrogens with one attached hydrogen (secondary N) is 1. The van der Waals surface area contributed by atoms with Gasteiger partial charge in [0.25, 0.3) is 11.8 Å². The summed E-state index contributed by atoms with van der Waals surface area (Å²) in [6, 6.07) is 9.57. The number of benzene rings is 1. The molecule has 1 aliphatic rings. The number of para-hydroxylation sites is 1. The van der Waals surface area contributed by atoms with Crippen molar-refractivity contribution in [3.05, 3.63) is 64.8 Å². The molecule has 0 radical (unpaired) electrons. The van der Waals surface area contributed by atoms with Crippen LogP contribution in [0.1, 0.15) is 15.9 Å². The number of hydrogen-bond acceptors (Lipinski definition) is 6. The van der Waals surface area contributed by atoms with Crippen molar-refractivity contribution in [3.8, 4) is 5.75 Å². The number of hydrazine groups is 1. The Labute approximate surface area is 147 Å². The summed E-state index contributed by atoms with van der Waals surface area (Å²) in [5.74, 6) is -1.21. The minimum absolute atomic E-state index is 0.0599. The average molecular weight is 357 g/mol. The van der Waals surface area contributed by atoms with E-state index in [-0.39, 0.29) is 15.6 Å². The summed E-state index contributed by atoms with van der Waals surface area (Å²) in [6.07, 6.45) is 4.91. The van der Waals surface area contributed by atoms with Crippen molar-refractivity contribution in [2.24, 2.45) is 0 Å². The first-order valence-electron chi connectivity index (χ1n) is 6.83. The number of thioether (sulfide) groups is 1. The Morgan fingerprint density at radius 3 is 2.67 bits per heavy atom. The van der Waals surface area contributed by atoms with Crippen LogP contribution in [-0.4, -0.2) is 31.2 Å². The molecule has 2 N–H and O–H groups in total. The molecule has 6 nitrogen and oxygen atoms in total. The maximum absolute atomic E-state index is 12.4. The number of pyridine rings is 1. The fraction of sp³-hybridized carbons (Fsp3) is 0. The number of carbonyl (C=O) groups is 2. The van der Waals surface area contributed by atoms with Gasteiger partial charge in [-0.2, -0.15) is 5.01 Å². The Morgan fingerprint density at radius 2 is 1.96 bits per heavy atom. The Kier molecular flexibility index (Phi) is 4.59. The van der Waals surface area contributed by atoms with Crippen molar-refractivity contribution < 1.29 is 14.7 Å². The van der Waals surface area contributed by atoms with E-state index in [1.165, 1.54) is 12.1 Å². The Morgan fingerprint density at radius 1 is 1.25 bits per heavy atom. The lowest BCUT2D eigenvalue weighted by molar-refractivity contribution is -0.123. The van der Waals surface area contributed by atoms with E-state index in [2.05, 4.69) is 10.4 Å². The van der Waals surface area contributed by atoms with Crippen molar-refractivity contribution in [1.82, 2.24) is 15.4 Å². The topological polar surface area (TPSA) is 82.5 Å². The molecule has 1 aromatic heterocycles. The molecule has 0 atom stereocenters. The van der Waals surface area contributed by atoms with Crippen molar-refractivity contribution >= 4 is 46.2 Å². The van der Waals surface area contributed by atoms with E-state index in [0.29, 0.717) is 4.91 Å². The number of thiocarbonyl (C=S) groups is 1. The molecule has 1 saturated heterocycles. The standard InChI is InChI=1S/C16H11N3O3S2/c20-12-4-2-1-3-11(12)14(21)18-19-15(22)13(24-16(19)23)9-10-5-7-17-8-6-10/h1-9,20H,(H,18,21). The molecular formula is C16H11N3O3S2. The molecule has 0 bridgehead atoms. The minimum Gasteiger partial charge on any atom is -0.507 e. The zero-order valence-electron chi connectivity index (χ0n) is 12.2. The summed E-state index contributed by atoms with van der Waals surface area (Å²) >= 11 is 6.24. The van der Waals surface area contributed by atoms with Gasteiger partial charge in [-0.1, -0.05) is 23.9 Å². The van der Waals surface area contributed by atoms with Crippen LogP contribution in [0.5, 0.6) is 5.75 Å². The number of phenols is 1. The molecule has 2 heterocycles. The summed E-state index contributed by atoms with van der Waals surface area (Å²) in [4.78, 5) is 28.9. The zero-order chi connectivity index (χ0) is 17.1. The van der Waals surface area contributed by atoms with Crippen LogP contribution in [0.15, 0.2) is 53.7 Å². The van der Waals surface area contributed by atoms with Crippen molar-refractivity contribution in [2.75, 3.05) is 0 Å². The van der Waals surface area contributed by atoms with E-state index in [9.17, 15) is 14.7 Å². The van der Waals surface area contributed by atoms with E-state index in [0.717, 1.165) is 22.3 Å². The van der Waals surface area contributed by atoms with Gasteiger partial charge in [-0.05, 0) is 48.1 Å². The second-order valence-electron chi connectivity index (χ2n) is 4.76. The van der Waals surface area contributed by atoms with Gasteiger partial charge >= 0.3 is 0 Å². The molecule has 2 amide bonds. The number of nitrogens with zero attached hydrogens (tertiary/aromatic N) is 2. The van der Waals surface area contributed by atoms with Gasteiger partial charge in [-0.15, -0.1) is 0 Å². The summed E-state index contributed by atoms with van der Waals surface area (Å²) in [6.45, 7) is 0. The minimum atomic E-state index is -0.616. The Bertz CT molecular complexity index is 853. The molecule has 2 aromatic rings. The van der Waals surface area contributed by atoms with E-state index in [4.69, 9.17) is 12.2 Å². The monoisotopic (exact) mass is 357 g/mol. The van der Waals surface area contributed by atoms with Gasteiger partial charge in [-0.3, -0.25) is 20.0 Å². The van der Waals surface area contributed by atoms with E-state index in [1.807, 2.05) is 0 Å². The largest absolute Gasteiger partial charge is 0.507 e. The molecular weight excluding hydrogens is 346 g/mol. The SMILES string of the molecule is O=C(NN1C(=O)C(=Cc2ccncc2)SC1=S)c1ccccc1O. The molecule has 0 spiro atoms. The molecule has 1 fully saturated rings. The van der Waals surface area contributed by atoms with Gasteiger partial charge in [0.15, 0.2) is 4.32 Å². The van der Waals surface area contributed by atoms with Gasteiger partial charge in [-0.25, -0.2) is 0 Å². The maximum atomic E-state index is 12.4. The van der Waals surface area contributed by atoms with Crippen LogP contribution in [0.25, 0.3) is 6.08 Å². The number of rotatable bonds is 3. The van der Waals surface area contributed by atoms with E-state index >= 15 is 0 Å². The third-order valence-electron chi connectivity index (χ3n) is 3.16. The maximum Gasteiger partial charge on any atom is 0.285 e. The molecule has 1 aromatic carbocycles. The molecule has 24 heavy (non-hydrogen) atoms. The smallest absolute Gasteiger partial charge is 0.285 e. The molecule has 8 heteroatoms. The third kappa shape index (κ3) is 3.29. The van der Waals surface area contributed by atoms with Gasteiger partial charge in [0.05, 0.1) is 10.5 Å². The number of aromatic nitrogens is 1. The van der Waals surface area contributed by atoms with E-state index in [1.54, 1.807) is 42.7 Å². The van der Waals surface area contributed by atoms with Gasteiger partial charge < -0.3 is 5.11 Å². The fourth-order valence-electron chi connectivity index (χ4n) is 2.00. The molecule has 0 saturated carbocycles. The summed E-state index contributed by atoms with van der Waals surface area (Å²) in [5.41, 5.74) is 3.28.